The molecule has 0 saturated carbocycles. The molecule has 0 aromatic heterocycles. The van der Waals surface area contributed by atoms with Gasteiger partial charge in [0.15, 0.2) is 5.60 Å². The van der Waals surface area contributed by atoms with Gasteiger partial charge in [-0.2, -0.15) is 0 Å². The fourth-order valence-corrected chi connectivity index (χ4v) is 2.91. The average Bonchev–Trinajstić information content (AvgIpc) is 2.62. The number of hydrogen-bond acceptors (Lipinski definition) is 4. The van der Waals surface area contributed by atoms with Crippen LogP contribution in [0.3, 0.4) is 0 Å². The number of benzene rings is 2. The van der Waals surface area contributed by atoms with Crippen LogP contribution < -0.4 is 10.5 Å². The Balaban J connectivity index is 1.76. The highest BCUT2D eigenvalue weighted by molar-refractivity contribution is 5.95. The van der Waals surface area contributed by atoms with Crippen LogP contribution in [0.2, 0.25) is 0 Å². The van der Waals surface area contributed by atoms with Gasteiger partial charge in [-0.3, -0.25) is 9.59 Å². The smallest absolute Gasteiger partial charge is 0.254 e. The summed E-state index contributed by atoms with van der Waals surface area (Å²) in [6.07, 6.45) is 0.786. The maximum absolute atomic E-state index is 12.7. The van der Waals surface area contributed by atoms with Crippen molar-refractivity contribution in [2.45, 2.75) is 18.4 Å². The fraction of sp³-hybridized carbons (Fsp3) is 0.263. The second-order valence-electron chi connectivity index (χ2n) is 6.17. The number of likely N-dealkylation sites (tertiary alicyclic amines) is 1. The van der Waals surface area contributed by atoms with Crippen LogP contribution in [0.25, 0.3) is 0 Å². The molecule has 1 saturated heterocycles. The molecule has 0 spiro atoms. The summed E-state index contributed by atoms with van der Waals surface area (Å²) in [5.74, 6) is 0.149. The minimum absolute atomic E-state index is 0.0923. The van der Waals surface area contributed by atoms with E-state index in [9.17, 15) is 14.7 Å². The fourth-order valence-electron chi connectivity index (χ4n) is 2.91. The largest absolute Gasteiger partial charge is 0.457 e. The van der Waals surface area contributed by atoms with Crippen molar-refractivity contribution in [3.63, 3.8) is 0 Å². The topological polar surface area (TPSA) is 92.9 Å². The van der Waals surface area contributed by atoms with E-state index in [2.05, 4.69) is 0 Å². The number of rotatable bonds is 4. The lowest BCUT2D eigenvalue weighted by Gasteiger charge is -2.37. The number of β-amino-alcohol motifs (C(OH)–C–C–N with tert-alkyl or cyclic N) is 1. The van der Waals surface area contributed by atoms with Gasteiger partial charge in [0, 0.05) is 12.1 Å². The molecule has 3 rings (SSSR count). The lowest BCUT2D eigenvalue weighted by molar-refractivity contribution is -0.140. The van der Waals surface area contributed by atoms with E-state index in [-0.39, 0.29) is 18.9 Å². The third kappa shape index (κ3) is 3.80. The van der Waals surface area contributed by atoms with E-state index in [0.29, 0.717) is 30.0 Å². The lowest BCUT2D eigenvalue weighted by atomic mass is 9.92. The van der Waals surface area contributed by atoms with Crippen molar-refractivity contribution in [2.24, 2.45) is 5.73 Å². The van der Waals surface area contributed by atoms with Gasteiger partial charge in [-0.05, 0) is 43.2 Å². The van der Waals surface area contributed by atoms with Crippen LogP contribution in [0.5, 0.6) is 11.5 Å². The van der Waals surface area contributed by atoms with E-state index >= 15 is 0 Å². The van der Waals surface area contributed by atoms with Gasteiger partial charge in [-0.15, -0.1) is 0 Å². The first-order valence-electron chi connectivity index (χ1n) is 8.12. The summed E-state index contributed by atoms with van der Waals surface area (Å²) < 4.78 is 5.74. The molecule has 0 bridgehead atoms. The number of carbonyl (C=O) groups excluding carboxylic acids is 2. The molecule has 1 atom stereocenters. The summed E-state index contributed by atoms with van der Waals surface area (Å²) in [4.78, 5) is 25.6. The molecule has 2 aromatic rings. The first kappa shape index (κ1) is 17.0. The van der Waals surface area contributed by atoms with Crippen molar-refractivity contribution in [1.82, 2.24) is 4.90 Å². The summed E-state index contributed by atoms with van der Waals surface area (Å²) in [5, 5.41) is 10.3. The monoisotopic (exact) mass is 340 g/mol. The number of hydrogen-bond donors (Lipinski definition) is 2. The molecule has 6 nitrogen and oxygen atoms in total. The molecule has 2 amide bonds. The van der Waals surface area contributed by atoms with Crippen LogP contribution in [0, 0.1) is 0 Å². The Bertz CT molecular complexity index is 778. The maximum Gasteiger partial charge on any atom is 0.254 e. The molecule has 3 N–H and O–H groups in total. The minimum Gasteiger partial charge on any atom is -0.457 e. The third-order valence-corrected chi connectivity index (χ3v) is 4.28. The van der Waals surface area contributed by atoms with Gasteiger partial charge in [0.25, 0.3) is 11.8 Å². The zero-order valence-electron chi connectivity index (χ0n) is 13.7. The molecule has 1 heterocycles. The summed E-state index contributed by atoms with van der Waals surface area (Å²) in [7, 11) is 0. The number of nitrogens with zero attached hydrogens (tertiary/aromatic N) is 1. The van der Waals surface area contributed by atoms with Gasteiger partial charge in [0.05, 0.1) is 6.54 Å². The van der Waals surface area contributed by atoms with Gasteiger partial charge in [0.1, 0.15) is 11.5 Å². The zero-order chi connectivity index (χ0) is 17.9. The van der Waals surface area contributed by atoms with Crippen LogP contribution in [0.4, 0.5) is 0 Å². The molecule has 130 valence electrons. The Morgan fingerprint density at radius 1 is 1.08 bits per heavy atom. The van der Waals surface area contributed by atoms with Crippen molar-refractivity contribution in [1.29, 1.82) is 0 Å². The first-order chi connectivity index (χ1) is 12.0. The highest BCUT2D eigenvalue weighted by Crippen LogP contribution is 2.25. The minimum atomic E-state index is -1.66. The molecule has 1 fully saturated rings. The first-order valence-corrected chi connectivity index (χ1v) is 8.12. The second kappa shape index (κ2) is 6.94. The number of ether oxygens (including phenoxy) is 1. The highest BCUT2D eigenvalue weighted by Gasteiger charge is 2.40. The molecule has 25 heavy (non-hydrogen) atoms. The Morgan fingerprint density at radius 3 is 2.52 bits per heavy atom. The Labute approximate surface area is 145 Å². The van der Waals surface area contributed by atoms with E-state index < -0.39 is 11.5 Å². The predicted molar refractivity (Wildman–Crippen MR) is 92.2 cm³/mol. The molecular formula is C19H20N2O4. The number of piperidine rings is 1. The van der Waals surface area contributed by atoms with E-state index in [1.807, 2.05) is 30.3 Å². The zero-order valence-corrected chi connectivity index (χ0v) is 13.7. The van der Waals surface area contributed by atoms with E-state index in [1.54, 1.807) is 24.3 Å². The van der Waals surface area contributed by atoms with Crippen molar-refractivity contribution >= 4 is 11.8 Å². The number of amides is 2. The quantitative estimate of drug-likeness (QED) is 0.889. The molecule has 0 unspecified atom stereocenters. The number of carbonyl (C=O) groups is 2. The van der Waals surface area contributed by atoms with Crippen LogP contribution in [-0.4, -0.2) is 40.5 Å². The molecule has 0 aliphatic carbocycles. The number of primary amides is 1. The SMILES string of the molecule is NC(=O)[C@@]1(O)CCCN(C(=O)c2cccc(Oc3ccccc3)c2)C1. The molecular weight excluding hydrogens is 320 g/mol. The van der Waals surface area contributed by atoms with Gasteiger partial charge in [-0.1, -0.05) is 24.3 Å². The predicted octanol–water partition coefficient (Wildman–Crippen LogP) is 1.93. The van der Waals surface area contributed by atoms with Crippen LogP contribution in [-0.2, 0) is 4.79 Å². The average molecular weight is 340 g/mol. The number of para-hydroxylation sites is 1. The van der Waals surface area contributed by atoms with E-state index in [0.717, 1.165) is 0 Å². The summed E-state index contributed by atoms with van der Waals surface area (Å²) in [5.41, 5.74) is 4.04. The summed E-state index contributed by atoms with van der Waals surface area (Å²) in [6, 6.07) is 16.1. The maximum atomic E-state index is 12.7. The summed E-state index contributed by atoms with van der Waals surface area (Å²) in [6.45, 7) is 0.378. The normalized spacial score (nSPS) is 20.1. The molecule has 1 aliphatic rings. The van der Waals surface area contributed by atoms with E-state index in [4.69, 9.17) is 10.5 Å². The van der Waals surface area contributed by atoms with Gasteiger partial charge in [0.2, 0.25) is 0 Å². The Kier molecular flexibility index (Phi) is 4.72. The van der Waals surface area contributed by atoms with Crippen molar-refractivity contribution in [3.05, 3.63) is 60.2 Å². The lowest BCUT2D eigenvalue weighted by Crippen LogP contribution is -2.57. The second-order valence-corrected chi connectivity index (χ2v) is 6.17. The van der Waals surface area contributed by atoms with Gasteiger partial charge < -0.3 is 20.5 Å². The molecule has 1 aliphatic heterocycles. The van der Waals surface area contributed by atoms with Crippen molar-refractivity contribution in [2.75, 3.05) is 13.1 Å². The highest BCUT2D eigenvalue weighted by atomic mass is 16.5. The Morgan fingerprint density at radius 2 is 1.80 bits per heavy atom. The molecule has 6 heteroatoms. The third-order valence-electron chi connectivity index (χ3n) is 4.28. The molecule has 2 aromatic carbocycles. The van der Waals surface area contributed by atoms with Crippen molar-refractivity contribution < 1.29 is 19.4 Å². The van der Waals surface area contributed by atoms with Gasteiger partial charge >= 0.3 is 0 Å². The van der Waals surface area contributed by atoms with Crippen LogP contribution in [0.1, 0.15) is 23.2 Å². The van der Waals surface area contributed by atoms with E-state index in [1.165, 1.54) is 4.90 Å². The Hall–Kier alpha value is -2.86. The van der Waals surface area contributed by atoms with Crippen LogP contribution >= 0.6 is 0 Å². The van der Waals surface area contributed by atoms with Crippen molar-refractivity contribution in [3.8, 4) is 11.5 Å². The standard InChI is InChI=1S/C19H20N2O4/c20-18(23)19(24)10-5-11-21(13-19)17(22)14-6-4-9-16(12-14)25-15-7-2-1-3-8-15/h1-4,6-9,12,24H,5,10-11,13H2,(H2,20,23)/t19-/m1/s1. The number of aliphatic hydroxyl groups is 1. The number of nitrogens with two attached hydrogens (primary N) is 1. The summed E-state index contributed by atoms with van der Waals surface area (Å²) >= 11 is 0. The molecule has 0 radical (unpaired) electrons. The van der Waals surface area contributed by atoms with Crippen LogP contribution in [0.15, 0.2) is 54.6 Å². The van der Waals surface area contributed by atoms with Gasteiger partial charge in [-0.25, -0.2) is 0 Å².